The average molecular weight is 281 g/mol. The first kappa shape index (κ1) is 14.5. The molecule has 19 heavy (non-hydrogen) atoms. The van der Waals surface area contributed by atoms with Gasteiger partial charge in [0.2, 0.25) is 5.91 Å². The van der Waals surface area contributed by atoms with Crippen molar-refractivity contribution in [1.82, 2.24) is 15.5 Å². The lowest BCUT2D eigenvalue weighted by Crippen LogP contribution is -2.56. The monoisotopic (exact) mass is 281 g/mol. The van der Waals surface area contributed by atoms with Gasteiger partial charge in [0.05, 0.1) is 12.6 Å². The van der Waals surface area contributed by atoms with Gasteiger partial charge in [0.15, 0.2) is 0 Å². The molecule has 0 aliphatic carbocycles. The smallest absolute Gasteiger partial charge is 0.234 e. The summed E-state index contributed by atoms with van der Waals surface area (Å²) in [6.45, 7) is 8.72. The second-order valence-corrected chi connectivity index (χ2v) is 6.45. The molecule has 2 N–H and O–H groups in total. The van der Waals surface area contributed by atoms with Gasteiger partial charge in [-0.3, -0.25) is 9.69 Å². The normalized spacial score (nSPS) is 26.1. The van der Waals surface area contributed by atoms with Gasteiger partial charge in [-0.15, -0.1) is 11.3 Å². The minimum Gasteiger partial charge on any atom is -0.348 e. The molecule has 106 valence electrons. The summed E-state index contributed by atoms with van der Waals surface area (Å²) in [5.41, 5.74) is 0. The van der Waals surface area contributed by atoms with Gasteiger partial charge in [0.25, 0.3) is 0 Å². The molecule has 2 rings (SSSR count). The predicted molar refractivity (Wildman–Crippen MR) is 79.4 cm³/mol. The zero-order chi connectivity index (χ0) is 13.8. The molecule has 4 nitrogen and oxygen atoms in total. The number of nitrogens with one attached hydrogen (secondary N) is 2. The Morgan fingerprint density at radius 1 is 1.53 bits per heavy atom. The van der Waals surface area contributed by atoms with E-state index in [1.807, 2.05) is 18.4 Å². The number of carbonyl (C=O) groups excluding carboxylic acids is 1. The molecule has 1 amide bonds. The highest BCUT2D eigenvalue weighted by Gasteiger charge is 2.23. The van der Waals surface area contributed by atoms with E-state index in [1.165, 1.54) is 4.88 Å². The Labute approximate surface area is 119 Å². The third kappa shape index (κ3) is 4.30. The van der Waals surface area contributed by atoms with Crippen molar-refractivity contribution in [1.29, 1.82) is 0 Å². The lowest BCUT2D eigenvalue weighted by Gasteiger charge is -2.35. The van der Waals surface area contributed by atoms with Crippen molar-refractivity contribution in [3.63, 3.8) is 0 Å². The van der Waals surface area contributed by atoms with Crippen molar-refractivity contribution in [3.05, 3.63) is 22.4 Å². The summed E-state index contributed by atoms with van der Waals surface area (Å²) in [7, 11) is 0. The van der Waals surface area contributed by atoms with Gasteiger partial charge >= 0.3 is 0 Å². The quantitative estimate of drug-likeness (QED) is 0.881. The largest absolute Gasteiger partial charge is 0.348 e. The van der Waals surface area contributed by atoms with Gasteiger partial charge in [-0.1, -0.05) is 6.07 Å². The molecular formula is C14H23N3OS. The molecule has 1 fully saturated rings. The maximum absolute atomic E-state index is 12.1. The second-order valence-electron chi connectivity index (χ2n) is 5.47. The molecule has 1 saturated heterocycles. The van der Waals surface area contributed by atoms with Crippen molar-refractivity contribution in [3.8, 4) is 0 Å². The van der Waals surface area contributed by atoms with E-state index in [9.17, 15) is 4.79 Å². The molecule has 3 unspecified atom stereocenters. The summed E-state index contributed by atoms with van der Waals surface area (Å²) in [5.74, 6) is 0.113. The van der Waals surface area contributed by atoms with Crippen molar-refractivity contribution >= 4 is 17.2 Å². The molecule has 3 atom stereocenters. The number of piperazine rings is 1. The molecule has 0 radical (unpaired) electrons. The zero-order valence-electron chi connectivity index (χ0n) is 11.8. The molecule has 2 heterocycles. The number of rotatable bonds is 4. The fourth-order valence-electron chi connectivity index (χ4n) is 2.67. The molecule has 0 bridgehead atoms. The first-order chi connectivity index (χ1) is 9.04. The van der Waals surface area contributed by atoms with Crippen LogP contribution in [0, 0.1) is 0 Å². The van der Waals surface area contributed by atoms with Gasteiger partial charge in [0, 0.05) is 30.1 Å². The molecule has 5 heteroatoms. The number of amides is 1. The minimum atomic E-state index is 0.102. The van der Waals surface area contributed by atoms with Crippen molar-refractivity contribution in [2.45, 2.75) is 38.9 Å². The van der Waals surface area contributed by atoms with Gasteiger partial charge < -0.3 is 10.6 Å². The number of hydrogen-bond acceptors (Lipinski definition) is 4. The molecule has 0 aromatic carbocycles. The van der Waals surface area contributed by atoms with E-state index < -0.39 is 0 Å². The van der Waals surface area contributed by atoms with Crippen LogP contribution < -0.4 is 10.6 Å². The number of thiophene rings is 1. The Hall–Kier alpha value is -0.910. The third-order valence-corrected chi connectivity index (χ3v) is 4.40. The SMILES string of the molecule is CC1CN(CC(=O)NC(C)c2cccs2)CC(C)N1. The highest BCUT2D eigenvalue weighted by molar-refractivity contribution is 7.10. The molecule has 1 aliphatic heterocycles. The summed E-state index contributed by atoms with van der Waals surface area (Å²) < 4.78 is 0. The fourth-order valence-corrected chi connectivity index (χ4v) is 3.40. The average Bonchev–Trinajstić information content (AvgIpc) is 2.80. The first-order valence-corrected chi connectivity index (χ1v) is 7.73. The number of hydrogen-bond donors (Lipinski definition) is 2. The molecule has 0 spiro atoms. The van der Waals surface area contributed by atoms with E-state index in [0.29, 0.717) is 18.6 Å². The van der Waals surface area contributed by atoms with Crippen LogP contribution in [-0.4, -0.2) is 42.5 Å². The van der Waals surface area contributed by atoms with Gasteiger partial charge in [-0.2, -0.15) is 0 Å². The van der Waals surface area contributed by atoms with Crippen LogP contribution in [0.3, 0.4) is 0 Å². The van der Waals surface area contributed by atoms with E-state index in [1.54, 1.807) is 11.3 Å². The summed E-state index contributed by atoms with van der Waals surface area (Å²) in [6, 6.07) is 5.08. The van der Waals surface area contributed by atoms with Crippen LogP contribution >= 0.6 is 11.3 Å². The number of carbonyl (C=O) groups is 1. The Balaban J connectivity index is 1.81. The topological polar surface area (TPSA) is 44.4 Å². The summed E-state index contributed by atoms with van der Waals surface area (Å²) in [4.78, 5) is 15.5. The Kier molecular flexibility index (Phi) is 4.96. The Bertz CT molecular complexity index is 397. The van der Waals surface area contributed by atoms with E-state index in [4.69, 9.17) is 0 Å². The van der Waals surface area contributed by atoms with Crippen molar-refractivity contribution < 1.29 is 4.79 Å². The van der Waals surface area contributed by atoms with Crippen LogP contribution in [0.4, 0.5) is 0 Å². The van der Waals surface area contributed by atoms with Crippen LogP contribution in [0.25, 0.3) is 0 Å². The molecular weight excluding hydrogens is 258 g/mol. The van der Waals surface area contributed by atoms with Gasteiger partial charge in [-0.25, -0.2) is 0 Å². The molecule has 1 aliphatic rings. The second kappa shape index (κ2) is 6.50. The summed E-state index contributed by atoms with van der Waals surface area (Å²) in [6.07, 6.45) is 0. The van der Waals surface area contributed by atoms with Gasteiger partial charge in [-0.05, 0) is 32.2 Å². The van der Waals surface area contributed by atoms with Crippen LogP contribution in [0.1, 0.15) is 31.7 Å². The highest BCUT2D eigenvalue weighted by Crippen LogP contribution is 2.17. The van der Waals surface area contributed by atoms with Crippen LogP contribution in [-0.2, 0) is 4.79 Å². The highest BCUT2D eigenvalue weighted by atomic mass is 32.1. The van der Waals surface area contributed by atoms with E-state index in [0.717, 1.165) is 13.1 Å². The summed E-state index contributed by atoms with van der Waals surface area (Å²) in [5, 5.41) is 8.58. The molecule has 0 saturated carbocycles. The lowest BCUT2D eigenvalue weighted by molar-refractivity contribution is -0.123. The first-order valence-electron chi connectivity index (χ1n) is 6.85. The standard InChI is InChI=1S/C14H23N3OS/c1-10-7-17(8-11(2)15-10)9-14(18)16-12(3)13-5-4-6-19-13/h4-6,10-12,15H,7-9H2,1-3H3,(H,16,18). The third-order valence-electron chi connectivity index (χ3n) is 3.35. The predicted octanol–water partition coefficient (Wildman–Crippen LogP) is 1.61. The molecule has 1 aromatic rings. The summed E-state index contributed by atoms with van der Waals surface area (Å²) >= 11 is 1.68. The maximum atomic E-state index is 12.1. The van der Waals surface area contributed by atoms with Crippen molar-refractivity contribution in [2.24, 2.45) is 0 Å². The Morgan fingerprint density at radius 2 is 2.21 bits per heavy atom. The van der Waals surface area contributed by atoms with E-state index in [-0.39, 0.29) is 11.9 Å². The van der Waals surface area contributed by atoms with Crippen LogP contribution in [0.15, 0.2) is 17.5 Å². The van der Waals surface area contributed by atoms with Crippen molar-refractivity contribution in [2.75, 3.05) is 19.6 Å². The maximum Gasteiger partial charge on any atom is 0.234 e. The minimum absolute atomic E-state index is 0.102. The van der Waals surface area contributed by atoms with Crippen LogP contribution in [0.5, 0.6) is 0 Å². The fraction of sp³-hybridized carbons (Fsp3) is 0.643. The molecule has 1 aromatic heterocycles. The zero-order valence-corrected chi connectivity index (χ0v) is 12.7. The van der Waals surface area contributed by atoms with Gasteiger partial charge in [0.1, 0.15) is 0 Å². The van der Waals surface area contributed by atoms with Crippen LogP contribution in [0.2, 0.25) is 0 Å². The van der Waals surface area contributed by atoms with E-state index >= 15 is 0 Å². The van der Waals surface area contributed by atoms with E-state index in [2.05, 4.69) is 35.4 Å². The lowest BCUT2D eigenvalue weighted by atomic mass is 10.1. The Morgan fingerprint density at radius 3 is 2.79 bits per heavy atom. The number of nitrogens with zero attached hydrogens (tertiary/aromatic N) is 1.